The van der Waals surface area contributed by atoms with Crippen LogP contribution in [0.3, 0.4) is 0 Å². The first-order valence-corrected chi connectivity index (χ1v) is 5.14. The van der Waals surface area contributed by atoms with Gasteiger partial charge in [0.25, 0.3) is 0 Å². The van der Waals surface area contributed by atoms with E-state index < -0.39 is 0 Å². The average molecular weight is 174 g/mol. The summed E-state index contributed by atoms with van der Waals surface area (Å²) < 4.78 is 0. The fourth-order valence-electron chi connectivity index (χ4n) is 1.22. The second-order valence-electron chi connectivity index (χ2n) is 2.92. The van der Waals surface area contributed by atoms with Gasteiger partial charge in [-0.3, -0.25) is 4.79 Å². The Morgan fingerprint density at radius 1 is 1.45 bits per heavy atom. The zero-order chi connectivity index (χ0) is 8.85. The highest BCUT2D eigenvalue weighted by Crippen LogP contribution is 2.27. The molecule has 0 aliphatic heterocycles. The normalized spacial score (nSPS) is 30.7. The molecule has 1 aliphatic rings. The number of carbonyl (C=O) groups is 1. The third-order valence-electron chi connectivity index (χ3n) is 2.04. The zero-order valence-electron chi connectivity index (χ0n) is 7.76. The van der Waals surface area contributed by atoms with Gasteiger partial charge in [0.1, 0.15) is 5.78 Å². The molecule has 1 rings (SSSR count). The van der Waals surface area contributed by atoms with Gasteiger partial charge in [-0.05, 0) is 18.0 Å². The first kappa shape index (κ1) is 11.1. The topological polar surface area (TPSA) is 17.1 Å². The number of ketones is 1. The first-order chi connectivity index (χ1) is 5.20. The van der Waals surface area contributed by atoms with Gasteiger partial charge in [0.05, 0.1) is 0 Å². The van der Waals surface area contributed by atoms with Crippen molar-refractivity contribution < 1.29 is 4.79 Å². The van der Waals surface area contributed by atoms with Crippen molar-refractivity contribution >= 4 is 15.0 Å². The summed E-state index contributed by atoms with van der Waals surface area (Å²) in [7, 11) is 2.81. The maximum atomic E-state index is 10.8. The molecule has 0 aromatic heterocycles. The van der Waals surface area contributed by atoms with Crippen molar-refractivity contribution in [3.8, 4) is 0 Å². The molecule has 66 valence electrons. The van der Waals surface area contributed by atoms with E-state index >= 15 is 0 Å². The fraction of sp³-hybridized carbons (Fsp3) is 0.889. The van der Waals surface area contributed by atoms with Crippen LogP contribution < -0.4 is 0 Å². The molecular formula is C9H19OP. The largest absolute Gasteiger partial charge is 0.300 e. The van der Waals surface area contributed by atoms with Crippen molar-refractivity contribution in [1.29, 1.82) is 0 Å². The molecule has 3 atom stereocenters. The van der Waals surface area contributed by atoms with E-state index in [-0.39, 0.29) is 0 Å². The minimum absolute atomic E-state index is 0.446. The van der Waals surface area contributed by atoms with Gasteiger partial charge in [0.2, 0.25) is 0 Å². The van der Waals surface area contributed by atoms with Crippen molar-refractivity contribution in [1.82, 2.24) is 0 Å². The summed E-state index contributed by atoms with van der Waals surface area (Å²) in [4.78, 5) is 10.8. The van der Waals surface area contributed by atoms with E-state index in [1.54, 1.807) is 0 Å². The molecule has 0 radical (unpaired) electrons. The van der Waals surface area contributed by atoms with Crippen molar-refractivity contribution in [2.45, 2.75) is 45.7 Å². The molecule has 0 spiro atoms. The third-order valence-corrected chi connectivity index (χ3v) is 3.03. The lowest BCUT2D eigenvalue weighted by Gasteiger charge is -2.23. The van der Waals surface area contributed by atoms with E-state index in [2.05, 4.69) is 16.2 Å². The Morgan fingerprint density at radius 3 is 2.36 bits per heavy atom. The Kier molecular flexibility index (Phi) is 5.76. The van der Waals surface area contributed by atoms with Crippen LogP contribution in [0.15, 0.2) is 0 Å². The predicted molar refractivity (Wildman–Crippen MR) is 52.9 cm³/mol. The maximum Gasteiger partial charge on any atom is 0.133 e. The third kappa shape index (κ3) is 3.86. The second kappa shape index (κ2) is 5.71. The lowest BCUT2D eigenvalue weighted by atomic mass is 9.89. The lowest BCUT2D eigenvalue weighted by molar-refractivity contribution is -0.121. The zero-order valence-corrected chi connectivity index (χ0v) is 8.92. The summed E-state index contributed by atoms with van der Waals surface area (Å²) in [6.45, 7) is 6.15. The maximum absolute atomic E-state index is 10.8. The molecule has 1 nitrogen and oxygen atoms in total. The number of rotatable bonds is 0. The summed E-state index contributed by atoms with van der Waals surface area (Å²) >= 11 is 0. The summed E-state index contributed by atoms with van der Waals surface area (Å²) in [5.74, 6) is 1.04. The van der Waals surface area contributed by atoms with Gasteiger partial charge >= 0.3 is 0 Å². The molecule has 1 fully saturated rings. The first-order valence-electron chi connectivity index (χ1n) is 4.47. The smallest absolute Gasteiger partial charge is 0.133 e. The number of carbonyl (C=O) groups excluding carboxylic acids is 1. The lowest BCUT2D eigenvalue weighted by Crippen LogP contribution is -2.22. The highest BCUT2D eigenvalue weighted by Gasteiger charge is 2.21. The molecule has 0 aromatic carbocycles. The van der Waals surface area contributed by atoms with Crippen LogP contribution in [0.2, 0.25) is 0 Å². The highest BCUT2D eigenvalue weighted by atomic mass is 31.0. The van der Waals surface area contributed by atoms with E-state index in [4.69, 9.17) is 0 Å². The Balaban J connectivity index is 0.000000461. The fourth-order valence-corrected chi connectivity index (χ4v) is 1.53. The molecule has 0 heterocycles. The van der Waals surface area contributed by atoms with E-state index in [1.165, 1.54) is 0 Å². The number of Topliss-reactive ketones (excluding diaryl/α,β-unsaturated/α-hetero) is 1. The minimum Gasteiger partial charge on any atom is -0.300 e. The van der Waals surface area contributed by atoms with Crippen LogP contribution in [0, 0.1) is 5.92 Å². The molecule has 0 saturated heterocycles. The van der Waals surface area contributed by atoms with Crippen molar-refractivity contribution in [3.63, 3.8) is 0 Å². The highest BCUT2D eigenvalue weighted by molar-refractivity contribution is 7.17. The molecule has 11 heavy (non-hydrogen) atoms. The monoisotopic (exact) mass is 174 g/mol. The van der Waals surface area contributed by atoms with E-state index in [9.17, 15) is 4.79 Å². The number of hydrogen-bond acceptors (Lipinski definition) is 1. The van der Waals surface area contributed by atoms with Crippen LogP contribution >= 0.6 is 9.24 Å². The van der Waals surface area contributed by atoms with Crippen molar-refractivity contribution in [2.75, 3.05) is 0 Å². The molecule has 1 aliphatic carbocycles. The Morgan fingerprint density at radius 2 is 2.00 bits per heavy atom. The minimum atomic E-state index is 0.446. The Hall–Kier alpha value is 0.100. The Labute approximate surface area is 72.2 Å². The van der Waals surface area contributed by atoms with Gasteiger partial charge in [-0.1, -0.05) is 20.8 Å². The van der Waals surface area contributed by atoms with Crippen LogP contribution in [-0.4, -0.2) is 11.4 Å². The molecule has 2 heteroatoms. The summed E-state index contributed by atoms with van der Waals surface area (Å²) in [5.41, 5.74) is 0.683. The second-order valence-corrected chi connectivity index (χ2v) is 3.78. The molecule has 1 saturated carbocycles. The van der Waals surface area contributed by atoms with E-state index in [0.717, 1.165) is 19.3 Å². The molecular weight excluding hydrogens is 155 g/mol. The predicted octanol–water partition coefficient (Wildman–Crippen LogP) is 2.65. The van der Waals surface area contributed by atoms with Gasteiger partial charge in [0, 0.05) is 12.8 Å². The van der Waals surface area contributed by atoms with Gasteiger partial charge in [0.15, 0.2) is 0 Å². The van der Waals surface area contributed by atoms with Gasteiger partial charge in [-0.25, -0.2) is 0 Å². The van der Waals surface area contributed by atoms with Crippen molar-refractivity contribution in [2.24, 2.45) is 5.92 Å². The SMILES string of the molecule is CC.CC1CC(=O)CCC1P. The van der Waals surface area contributed by atoms with Crippen LogP contribution in [0.25, 0.3) is 0 Å². The van der Waals surface area contributed by atoms with E-state index in [1.807, 2.05) is 13.8 Å². The van der Waals surface area contributed by atoms with Gasteiger partial charge < -0.3 is 0 Å². The molecule has 0 aromatic rings. The molecule has 0 bridgehead atoms. The molecule has 3 unspecified atom stereocenters. The van der Waals surface area contributed by atoms with Crippen LogP contribution in [-0.2, 0) is 4.79 Å². The van der Waals surface area contributed by atoms with Crippen molar-refractivity contribution in [3.05, 3.63) is 0 Å². The summed E-state index contributed by atoms with van der Waals surface area (Å²) in [6.07, 6.45) is 2.68. The quantitative estimate of drug-likeness (QED) is 0.516. The van der Waals surface area contributed by atoms with Crippen LogP contribution in [0.4, 0.5) is 0 Å². The van der Waals surface area contributed by atoms with Gasteiger partial charge in [-0.2, -0.15) is 0 Å². The summed E-state index contributed by atoms with van der Waals surface area (Å²) in [5, 5.41) is 0. The summed E-state index contributed by atoms with van der Waals surface area (Å²) in [6, 6.07) is 0. The molecule has 0 N–H and O–H groups in total. The number of hydrogen-bond donors (Lipinski definition) is 0. The average Bonchev–Trinajstić information content (AvgIpc) is 2.02. The molecule has 0 amide bonds. The van der Waals surface area contributed by atoms with E-state index in [0.29, 0.717) is 17.4 Å². The van der Waals surface area contributed by atoms with Crippen LogP contribution in [0.5, 0.6) is 0 Å². The van der Waals surface area contributed by atoms with Crippen LogP contribution in [0.1, 0.15) is 40.0 Å². The Bertz CT molecular complexity index is 123. The standard InChI is InChI=1S/C7H13OP.C2H6/c1-5-4-6(8)2-3-7(5)9;1-2/h5,7H,2-4,9H2,1H3;1-2H3. The van der Waals surface area contributed by atoms with Gasteiger partial charge in [-0.15, -0.1) is 9.24 Å².